The zero-order chi connectivity index (χ0) is 24.6. The fraction of sp³-hybridized carbons (Fsp3) is 0.923. The van der Waals surface area contributed by atoms with Gasteiger partial charge in [0.2, 0.25) is 0 Å². The Labute approximate surface area is 195 Å². The largest absolute Gasteiger partial charge is 0.420 e. The molecule has 0 aromatic carbocycles. The molecule has 0 aromatic rings. The summed E-state index contributed by atoms with van der Waals surface area (Å²) >= 11 is 0. The number of carbonyl (C=O) groups is 2. The average molecular weight is 457 g/mol. The van der Waals surface area contributed by atoms with Crippen molar-refractivity contribution in [1.29, 1.82) is 0 Å². The molecule has 1 unspecified atom stereocenters. The van der Waals surface area contributed by atoms with Crippen molar-refractivity contribution < 1.29 is 29.1 Å². The standard InChI is InChI=1S/C26H48O6/c1-10-16-25(8,9)20(15-11-12-17-23(2,3)4)21(27)29-30-22(28)26(31-32-26)19-14-13-18-24(5,6)7/h20H,10-19H2,1-9H3. The first-order valence-corrected chi connectivity index (χ1v) is 12.4. The van der Waals surface area contributed by atoms with Crippen molar-refractivity contribution in [2.75, 3.05) is 0 Å². The second-order valence-electron chi connectivity index (χ2n) is 12.6. The van der Waals surface area contributed by atoms with E-state index in [-0.39, 0.29) is 22.2 Å². The Kier molecular flexibility index (Phi) is 10.7. The molecule has 0 amide bonds. The minimum atomic E-state index is -1.42. The topological polar surface area (TPSA) is 77.7 Å². The van der Waals surface area contributed by atoms with Crippen LogP contribution >= 0.6 is 0 Å². The highest BCUT2D eigenvalue weighted by Gasteiger charge is 2.59. The van der Waals surface area contributed by atoms with Gasteiger partial charge in [-0.25, -0.2) is 19.4 Å². The fourth-order valence-electron chi connectivity index (χ4n) is 4.17. The van der Waals surface area contributed by atoms with Crippen molar-refractivity contribution in [2.45, 2.75) is 132 Å². The molecule has 1 heterocycles. The van der Waals surface area contributed by atoms with E-state index in [1.165, 1.54) is 0 Å². The van der Waals surface area contributed by atoms with E-state index in [2.05, 4.69) is 62.3 Å². The highest BCUT2D eigenvalue weighted by molar-refractivity contribution is 5.80. The number of hydrogen-bond donors (Lipinski definition) is 0. The molecular formula is C26H48O6. The molecule has 0 radical (unpaired) electrons. The van der Waals surface area contributed by atoms with E-state index in [9.17, 15) is 9.59 Å². The van der Waals surface area contributed by atoms with Gasteiger partial charge in [0.25, 0.3) is 0 Å². The molecular weight excluding hydrogens is 408 g/mol. The number of unbranched alkanes of at least 4 members (excludes halogenated alkanes) is 2. The maximum Gasteiger partial charge on any atom is 0.420 e. The van der Waals surface area contributed by atoms with Crippen molar-refractivity contribution in [1.82, 2.24) is 0 Å². The van der Waals surface area contributed by atoms with Crippen LogP contribution in [0.1, 0.15) is 127 Å². The number of carbonyl (C=O) groups excluding carboxylic acids is 2. The molecule has 0 aromatic heterocycles. The van der Waals surface area contributed by atoms with Crippen LogP contribution in [0.4, 0.5) is 0 Å². The van der Waals surface area contributed by atoms with Gasteiger partial charge >= 0.3 is 17.7 Å². The molecule has 0 aliphatic carbocycles. The first-order chi connectivity index (χ1) is 14.6. The van der Waals surface area contributed by atoms with Gasteiger partial charge in [0.15, 0.2) is 0 Å². The molecule has 1 aliphatic heterocycles. The second kappa shape index (κ2) is 11.8. The molecule has 0 bridgehead atoms. The summed E-state index contributed by atoms with van der Waals surface area (Å²) in [7, 11) is 0. The summed E-state index contributed by atoms with van der Waals surface area (Å²) in [5, 5.41) is 0. The zero-order valence-electron chi connectivity index (χ0n) is 22.1. The Bertz CT molecular complexity index is 592. The van der Waals surface area contributed by atoms with Crippen LogP contribution in [0.2, 0.25) is 0 Å². The van der Waals surface area contributed by atoms with E-state index in [4.69, 9.17) is 19.6 Å². The van der Waals surface area contributed by atoms with E-state index in [0.29, 0.717) is 12.8 Å². The fourth-order valence-corrected chi connectivity index (χ4v) is 4.17. The number of rotatable bonds is 13. The lowest BCUT2D eigenvalue weighted by Gasteiger charge is -2.32. The van der Waals surface area contributed by atoms with Crippen molar-refractivity contribution >= 4 is 11.9 Å². The maximum atomic E-state index is 12.9. The summed E-state index contributed by atoms with van der Waals surface area (Å²) < 4.78 is 0. The van der Waals surface area contributed by atoms with Crippen LogP contribution < -0.4 is 0 Å². The van der Waals surface area contributed by atoms with Gasteiger partial charge in [-0.3, -0.25) is 0 Å². The van der Waals surface area contributed by atoms with Gasteiger partial charge in [-0.05, 0) is 48.3 Å². The van der Waals surface area contributed by atoms with Gasteiger partial charge in [-0.15, -0.1) is 0 Å². The quantitative estimate of drug-likeness (QED) is 0.125. The third kappa shape index (κ3) is 10.7. The normalized spacial score (nSPS) is 17.0. The van der Waals surface area contributed by atoms with Crippen LogP contribution in [0, 0.1) is 22.2 Å². The van der Waals surface area contributed by atoms with Crippen LogP contribution in [0.3, 0.4) is 0 Å². The van der Waals surface area contributed by atoms with Crippen LogP contribution in [-0.2, 0) is 29.1 Å². The first-order valence-electron chi connectivity index (χ1n) is 12.4. The number of hydrogen-bond acceptors (Lipinski definition) is 6. The van der Waals surface area contributed by atoms with Crippen LogP contribution in [0.25, 0.3) is 0 Å². The first kappa shape index (κ1) is 28.9. The van der Waals surface area contributed by atoms with Crippen LogP contribution in [0.15, 0.2) is 0 Å². The monoisotopic (exact) mass is 456 g/mol. The summed E-state index contributed by atoms with van der Waals surface area (Å²) in [5.74, 6) is -3.03. The zero-order valence-corrected chi connectivity index (χ0v) is 22.1. The Balaban J connectivity index is 2.58. The lowest BCUT2D eigenvalue weighted by atomic mass is 9.73. The summed E-state index contributed by atoms with van der Waals surface area (Å²) in [6.07, 6.45) is 8.80. The molecule has 6 heteroatoms. The molecule has 0 saturated carbocycles. The molecule has 32 heavy (non-hydrogen) atoms. The molecule has 0 N–H and O–H groups in total. The summed E-state index contributed by atoms with van der Waals surface area (Å²) in [6, 6.07) is 0. The van der Waals surface area contributed by atoms with Gasteiger partial charge in [0, 0.05) is 6.42 Å². The van der Waals surface area contributed by atoms with E-state index in [1.807, 2.05) is 0 Å². The van der Waals surface area contributed by atoms with Crippen molar-refractivity contribution in [2.24, 2.45) is 22.2 Å². The predicted octanol–water partition coefficient (Wildman–Crippen LogP) is 7.30. The minimum Gasteiger partial charge on any atom is -0.247 e. The Morgan fingerprint density at radius 3 is 1.78 bits per heavy atom. The molecule has 1 atom stereocenters. The maximum absolute atomic E-state index is 12.9. The van der Waals surface area contributed by atoms with E-state index in [0.717, 1.165) is 51.4 Å². The lowest BCUT2D eigenvalue weighted by molar-refractivity contribution is -0.269. The molecule has 188 valence electrons. The van der Waals surface area contributed by atoms with Crippen LogP contribution in [-0.4, -0.2) is 17.7 Å². The summed E-state index contributed by atoms with van der Waals surface area (Å²) in [5.41, 5.74) is 0.273. The summed E-state index contributed by atoms with van der Waals surface area (Å²) in [4.78, 5) is 45.1. The molecule has 1 saturated heterocycles. The predicted molar refractivity (Wildman–Crippen MR) is 125 cm³/mol. The Morgan fingerprint density at radius 1 is 0.781 bits per heavy atom. The van der Waals surface area contributed by atoms with E-state index >= 15 is 0 Å². The third-order valence-electron chi connectivity index (χ3n) is 6.27. The minimum absolute atomic E-state index is 0.238. The van der Waals surface area contributed by atoms with E-state index < -0.39 is 17.7 Å². The molecule has 1 rings (SSSR count). The smallest absolute Gasteiger partial charge is 0.247 e. The van der Waals surface area contributed by atoms with Crippen molar-refractivity contribution in [3.63, 3.8) is 0 Å². The highest BCUT2D eigenvalue weighted by Crippen LogP contribution is 2.39. The van der Waals surface area contributed by atoms with Gasteiger partial charge < -0.3 is 0 Å². The summed E-state index contributed by atoms with van der Waals surface area (Å²) in [6.45, 7) is 19.5. The van der Waals surface area contributed by atoms with Gasteiger partial charge in [-0.2, -0.15) is 9.78 Å². The molecule has 1 fully saturated rings. The van der Waals surface area contributed by atoms with Crippen molar-refractivity contribution in [3.8, 4) is 0 Å². The SMILES string of the molecule is CCCC(C)(C)C(CCCCC(C)(C)C)C(=O)OOC(=O)C1(CCCCC(C)(C)C)OO1. The second-order valence-corrected chi connectivity index (χ2v) is 12.6. The Morgan fingerprint density at radius 2 is 1.31 bits per heavy atom. The molecule has 6 nitrogen and oxygen atoms in total. The van der Waals surface area contributed by atoms with Gasteiger partial charge in [0.05, 0.1) is 5.92 Å². The average Bonchev–Trinajstić information content (AvgIpc) is 3.42. The van der Waals surface area contributed by atoms with E-state index in [1.54, 1.807) is 0 Å². The highest BCUT2D eigenvalue weighted by atomic mass is 17.4. The lowest BCUT2D eigenvalue weighted by Crippen LogP contribution is -2.35. The molecule has 0 spiro atoms. The molecule has 1 aliphatic rings. The van der Waals surface area contributed by atoms with Crippen LogP contribution in [0.5, 0.6) is 0 Å². The third-order valence-corrected chi connectivity index (χ3v) is 6.27. The Hall–Kier alpha value is -1.14. The van der Waals surface area contributed by atoms with Gasteiger partial charge in [0.1, 0.15) is 0 Å². The van der Waals surface area contributed by atoms with Gasteiger partial charge in [-0.1, -0.05) is 88.0 Å². The van der Waals surface area contributed by atoms with Crippen molar-refractivity contribution in [3.05, 3.63) is 0 Å².